The van der Waals surface area contributed by atoms with Crippen molar-refractivity contribution in [3.05, 3.63) is 46.7 Å². The Hall–Kier alpha value is -2.54. The molecule has 0 spiro atoms. The molecule has 0 aliphatic rings. The fourth-order valence-corrected chi connectivity index (χ4v) is 1.70. The van der Waals surface area contributed by atoms with Crippen molar-refractivity contribution in [3.8, 4) is 0 Å². The van der Waals surface area contributed by atoms with Gasteiger partial charge in [0.25, 0.3) is 0 Å². The van der Waals surface area contributed by atoms with Crippen molar-refractivity contribution >= 4 is 29.3 Å². The van der Waals surface area contributed by atoms with Crippen molar-refractivity contribution in [3.63, 3.8) is 0 Å². The topological polar surface area (TPSA) is 107 Å². The summed E-state index contributed by atoms with van der Waals surface area (Å²) >= 11 is 5.74. The fraction of sp³-hybridized carbons (Fsp3) is 0.0833. The van der Waals surface area contributed by atoms with Crippen molar-refractivity contribution in [2.45, 2.75) is 6.54 Å². The third-order valence-electron chi connectivity index (χ3n) is 2.46. The number of carboxylic acid groups (broad SMARTS) is 1. The van der Waals surface area contributed by atoms with E-state index in [1.165, 1.54) is 18.2 Å². The number of nitrogens with one attached hydrogen (secondary N) is 3. The van der Waals surface area contributed by atoms with Crippen LogP contribution in [0.4, 0.5) is 10.5 Å². The molecular weight excluding hydrogens is 284 g/mol. The first-order chi connectivity index (χ1) is 9.56. The lowest BCUT2D eigenvalue weighted by Gasteiger charge is -2.08. The number of anilines is 1. The number of aromatic nitrogens is 2. The second kappa shape index (κ2) is 6.07. The van der Waals surface area contributed by atoms with Gasteiger partial charge in [-0.05, 0) is 18.2 Å². The van der Waals surface area contributed by atoms with Gasteiger partial charge in [-0.3, -0.25) is 5.10 Å². The van der Waals surface area contributed by atoms with E-state index in [0.717, 1.165) is 5.56 Å². The van der Waals surface area contributed by atoms with Gasteiger partial charge >= 0.3 is 12.0 Å². The maximum Gasteiger partial charge on any atom is 0.337 e. The van der Waals surface area contributed by atoms with Crippen LogP contribution < -0.4 is 10.6 Å². The summed E-state index contributed by atoms with van der Waals surface area (Å²) in [6.07, 6.45) is 3.25. The molecule has 2 aromatic rings. The number of aromatic amines is 1. The van der Waals surface area contributed by atoms with E-state index < -0.39 is 12.0 Å². The molecule has 0 fully saturated rings. The molecule has 20 heavy (non-hydrogen) atoms. The summed E-state index contributed by atoms with van der Waals surface area (Å²) in [5, 5.41) is 20.5. The Morgan fingerprint density at radius 2 is 2.20 bits per heavy atom. The summed E-state index contributed by atoms with van der Waals surface area (Å²) in [6.45, 7) is 0.307. The molecule has 0 unspecified atom stereocenters. The van der Waals surface area contributed by atoms with Crippen LogP contribution in [0.2, 0.25) is 5.02 Å². The number of benzene rings is 1. The van der Waals surface area contributed by atoms with E-state index in [0.29, 0.717) is 12.2 Å². The lowest BCUT2D eigenvalue weighted by atomic mass is 10.2. The number of carbonyl (C=O) groups excluding carboxylic acids is 1. The van der Waals surface area contributed by atoms with Crippen LogP contribution in [-0.4, -0.2) is 27.3 Å². The Labute approximate surface area is 119 Å². The number of carbonyl (C=O) groups is 2. The fourth-order valence-electron chi connectivity index (χ4n) is 1.50. The molecule has 0 bridgehead atoms. The van der Waals surface area contributed by atoms with Crippen molar-refractivity contribution in [2.24, 2.45) is 0 Å². The first kappa shape index (κ1) is 13.9. The Balaban J connectivity index is 1.97. The summed E-state index contributed by atoms with van der Waals surface area (Å²) in [7, 11) is 0. The third kappa shape index (κ3) is 3.48. The van der Waals surface area contributed by atoms with E-state index in [9.17, 15) is 9.59 Å². The molecule has 4 N–H and O–H groups in total. The first-order valence-corrected chi connectivity index (χ1v) is 5.99. The molecule has 7 nitrogen and oxygen atoms in total. The number of urea groups is 1. The number of nitrogens with zero attached hydrogens (tertiary/aromatic N) is 1. The van der Waals surface area contributed by atoms with Crippen LogP contribution >= 0.6 is 11.6 Å². The van der Waals surface area contributed by atoms with E-state index in [4.69, 9.17) is 16.7 Å². The number of aromatic carboxylic acids is 1. The molecule has 0 atom stereocenters. The molecule has 8 heteroatoms. The summed E-state index contributed by atoms with van der Waals surface area (Å²) in [5.74, 6) is -1.16. The lowest BCUT2D eigenvalue weighted by Crippen LogP contribution is -2.28. The predicted molar refractivity (Wildman–Crippen MR) is 72.9 cm³/mol. The quantitative estimate of drug-likeness (QED) is 0.692. The standard InChI is InChI=1S/C12H11ClN4O3/c13-10-2-1-8(3-9(10)11(18)19)17-12(20)14-4-7-5-15-16-6-7/h1-3,5-6H,4H2,(H,15,16)(H,18,19)(H2,14,17,20). The molecule has 1 heterocycles. The van der Waals surface area contributed by atoms with Crippen molar-refractivity contribution < 1.29 is 14.7 Å². The molecular formula is C12H11ClN4O3. The first-order valence-electron chi connectivity index (χ1n) is 5.61. The minimum absolute atomic E-state index is 0.0701. The van der Waals surface area contributed by atoms with Gasteiger partial charge in [0.15, 0.2) is 0 Å². The van der Waals surface area contributed by atoms with Gasteiger partial charge in [0.1, 0.15) is 0 Å². The van der Waals surface area contributed by atoms with Crippen LogP contribution in [0.5, 0.6) is 0 Å². The van der Waals surface area contributed by atoms with Gasteiger partial charge in [0, 0.05) is 24.0 Å². The normalized spacial score (nSPS) is 10.1. The van der Waals surface area contributed by atoms with Crippen molar-refractivity contribution in [1.82, 2.24) is 15.5 Å². The number of hydrogen-bond donors (Lipinski definition) is 4. The second-order valence-electron chi connectivity index (χ2n) is 3.91. The zero-order valence-electron chi connectivity index (χ0n) is 10.2. The van der Waals surface area contributed by atoms with E-state index in [1.54, 1.807) is 12.4 Å². The van der Waals surface area contributed by atoms with Gasteiger partial charge in [0.2, 0.25) is 0 Å². The predicted octanol–water partition coefficient (Wildman–Crippen LogP) is 2.08. The zero-order chi connectivity index (χ0) is 14.5. The van der Waals surface area contributed by atoms with Gasteiger partial charge in [-0.15, -0.1) is 0 Å². The average Bonchev–Trinajstić information content (AvgIpc) is 2.91. The van der Waals surface area contributed by atoms with Crippen LogP contribution in [0, 0.1) is 0 Å². The second-order valence-corrected chi connectivity index (χ2v) is 4.32. The number of rotatable bonds is 4. The molecule has 104 valence electrons. The highest BCUT2D eigenvalue weighted by Crippen LogP contribution is 2.20. The number of hydrogen-bond acceptors (Lipinski definition) is 3. The summed E-state index contributed by atoms with van der Waals surface area (Å²) in [5.41, 5.74) is 1.10. The molecule has 1 aromatic carbocycles. The van der Waals surface area contributed by atoms with Gasteiger partial charge in [-0.25, -0.2) is 9.59 Å². The van der Waals surface area contributed by atoms with E-state index >= 15 is 0 Å². The van der Waals surface area contributed by atoms with Crippen molar-refractivity contribution in [2.75, 3.05) is 5.32 Å². The van der Waals surface area contributed by atoms with Crippen LogP contribution in [0.3, 0.4) is 0 Å². The molecule has 0 radical (unpaired) electrons. The minimum atomic E-state index is -1.16. The highest BCUT2D eigenvalue weighted by atomic mass is 35.5. The monoisotopic (exact) mass is 294 g/mol. The van der Waals surface area contributed by atoms with E-state index in [-0.39, 0.29) is 10.6 Å². The molecule has 0 saturated heterocycles. The number of H-pyrrole nitrogens is 1. The maximum atomic E-state index is 11.6. The molecule has 2 rings (SSSR count). The third-order valence-corrected chi connectivity index (χ3v) is 2.79. The summed E-state index contributed by atoms with van der Waals surface area (Å²) < 4.78 is 0. The molecule has 0 aliphatic heterocycles. The van der Waals surface area contributed by atoms with E-state index in [1.807, 2.05) is 0 Å². The molecule has 1 aromatic heterocycles. The summed E-state index contributed by atoms with van der Waals surface area (Å²) in [6, 6.07) is 3.77. The van der Waals surface area contributed by atoms with Crippen LogP contribution in [0.25, 0.3) is 0 Å². The van der Waals surface area contributed by atoms with Crippen LogP contribution in [0.15, 0.2) is 30.6 Å². The van der Waals surface area contributed by atoms with E-state index in [2.05, 4.69) is 20.8 Å². The van der Waals surface area contributed by atoms with Crippen LogP contribution in [-0.2, 0) is 6.54 Å². The zero-order valence-corrected chi connectivity index (χ0v) is 10.9. The van der Waals surface area contributed by atoms with Gasteiger partial charge < -0.3 is 15.7 Å². The summed E-state index contributed by atoms with van der Waals surface area (Å²) in [4.78, 5) is 22.6. The average molecular weight is 295 g/mol. The number of halogens is 1. The molecule has 2 amide bonds. The van der Waals surface area contributed by atoms with Crippen molar-refractivity contribution in [1.29, 1.82) is 0 Å². The Morgan fingerprint density at radius 1 is 1.40 bits per heavy atom. The molecule has 0 aliphatic carbocycles. The number of amides is 2. The Kier molecular flexibility index (Phi) is 4.21. The minimum Gasteiger partial charge on any atom is -0.478 e. The highest BCUT2D eigenvalue weighted by Gasteiger charge is 2.10. The molecule has 0 saturated carbocycles. The van der Waals surface area contributed by atoms with Gasteiger partial charge in [-0.1, -0.05) is 11.6 Å². The van der Waals surface area contributed by atoms with Crippen LogP contribution in [0.1, 0.15) is 15.9 Å². The largest absolute Gasteiger partial charge is 0.478 e. The Bertz CT molecular complexity index is 628. The highest BCUT2D eigenvalue weighted by molar-refractivity contribution is 6.33. The van der Waals surface area contributed by atoms with Gasteiger partial charge in [0.05, 0.1) is 16.8 Å². The van der Waals surface area contributed by atoms with Gasteiger partial charge in [-0.2, -0.15) is 5.10 Å². The maximum absolute atomic E-state index is 11.6. The SMILES string of the molecule is O=C(NCc1cn[nH]c1)Nc1ccc(Cl)c(C(=O)O)c1. The smallest absolute Gasteiger partial charge is 0.337 e. The Morgan fingerprint density at radius 3 is 2.85 bits per heavy atom. The lowest BCUT2D eigenvalue weighted by molar-refractivity contribution is 0.0697. The number of carboxylic acids is 1.